The Kier molecular flexibility index (Phi) is 5.41. The molecular weight excluding hydrogens is 340 g/mol. The van der Waals surface area contributed by atoms with Crippen LogP contribution in [-0.4, -0.2) is 45.1 Å². The van der Waals surface area contributed by atoms with Gasteiger partial charge in [-0.3, -0.25) is 4.79 Å². The summed E-state index contributed by atoms with van der Waals surface area (Å²) in [4.78, 5) is 16.0. The van der Waals surface area contributed by atoms with E-state index in [1.165, 1.54) is 23.1 Å². The predicted octanol–water partition coefficient (Wildman–Crippen LogP) is 0.806. The smallest absolute Gasteiger partial charge is 0.255 e. The van der Waals surface area contributed by atoms with Crippen LogP contribution in [0.25, 0.3) is 0 Å². The molecule has 9 nitrogen and oxygen atoms in total. The van der Waals surface area contributed by atoms with Gasteiger partial charge in [-0.15, -0.1) is 10.2 Å². The van der Waals surface area contributed by atoms with E-state index in [0.29, 0.717) is 34.2 Å². The van der Waals surface area contributed by atoms with Crippen LogP contribution in [0.5, 0.6) is 0 Å². The van der Waals surface area contributed by atoms with Gasteiger partial charge in [-0.2, -0.15) is 4.98 Å². The summed E-state index contributed by atoms with van der Waals surface area (Å²) in [5, 5.41) is 14.6. The third-order valence-corrected chi connectivity index (χ3v) is 4.99. The van der Waals surface area contributed by atoms with Crippen LogP contribution in [0.4, 0.5) is 5.13 Å². The SMILES string of the molecule is Nc1nnc(SCC(=O)NCCc2noc([C@@H]3CCCO3)n2)s1. The van der Waals surface area contributed by atoms with E-state index in [0.717, 1.165) is 19.4 Å². The molecule has 124 valence electrons. The largest absolute Gasteiger partial charge is 0.374 e. The Morgan fingerprint density at radius 3 is 3.13 bits per heavy atom. The molecule has 0 unspecified atom stereocenters. The third kappa shape index (κ3) is 4.62. The number of nitrogens with two attached hydrogens (primary N) is 1. The maximum atomic E-state index is 11.7. The zero-order chi connectivity index (χ0) is 16.1. The highest BCUT2D eigenvalue weighted by Crippen LogP contribution is 2.27. The topological polar surface area (TPSA) is 129 Å². The van der Waals surface area contributed by atoms with Gasteiger partial charge in [0, 0.05) is 19.6 Å². The average molecular weight is 356 g/mol. The summed E-state index contributed by atoms with van der Waals surface area (Å²) < 4.78 is 11.3. The van der Waals surface area contributed by atoms with Gasteiger partial charge in [0.2, 0.25) is 11.0 Å². The molecule has 0 aromatic carbocycles. The predicted molar refractivity (Wildman–Crippen MR) is 84.0 cm³/mol. The van der Waals surface area contributed by atoms with Crippen LogP contribution in [0.1, 0.15) is 30.7 Å². The first kappa shape index (κ1) is 16.1. The summed E-state index contributed by atoms with van der Waals surface area (Å²) in [7, 11) is 0. The summed E-state index contributed by atoms with van der Waals surface area (Å²) in [6.45, 7) is 1.18. The van der Waals surface area contributed by atoms with Gasteiger partial charge in [-0.1, -0.05) is 28.3 Å². The quantitative estimate of drug-likeness (QED) is 0.692. The van der Waals surface area contributed by atoms with E-state index in [1.807, 2.05) is 0 Å². The highest BCUT2D eigenvalue weighted by molar-refractivity contribution is 8.01. The Labute approximate surface area is 140 Å². The molecule has 1 atom stereocenters. The number of nitrogen functional groups attached to an aromatic ring is 1. The maximum absolute atomic E-state index is 11.7. The van der Waals surface area contributed by atoms with E-state index < -0.39 is 0 Å². The summed E-state index contributed by atoms with van der Waals surface area (Å²) in [5.41, 5.74) is 5.48. The normalized spacial score (nSPS) is 17.5. The molecule has 1 amide bonds. The molecule has 1 fully saturated rings. The zero-order valence-electron chi connectivity index (χ0n) is 12.2. The minimum absolute atomic E-state index is 0.0819. The van der Waals surface area contributed by atoms with E-state index in [2.05, 4.69) is 25.7 Å². The lowest BCUT2D eigenvalue weighted by Gasteiger charge is -2.02. The number of nitrogens with zero attached hydrogens (tertiary/aromatic N) is 4. The molecule has 1 aliphatic rings. The van der Waals surface area contributed by atoms with Gasteiger partial charge in [0.15, 0.2) is 10.2 Å². The molecule has 3 rings (SSSR count). The first-order chi connectivity index (χ1) is 11.2. The fourth-order valence-electron chi connectivity index (χ4n) is 2.04. The number of nitrogens with one attached hydrogen (secondary N) is 1. The van der Waals surface area contributed by atoms with Gasteiger partial charge < -0.3 is 20.3 Å². The first-order valence-corrected chi connectivity index (χ1v) is 8.93. The third-order valence-electron chi connectivity index (χ3n) is 3.11. The second kappa shape index (κ2) is 7.70. The number of hydrogen-bond donors (Lipinski definition) is 2. The van der Waals surface area contributed by atoms with Crippen LogP contribution >= 0.6 is 23.1 Å². The Morgan fingerprint density at radius 1 is 1.48 bits per heavy atom. The number of anilines is 1. The van der Waals surface area contributed by atoms with Crippen molar-refractivity contribution in [2.24, 2.45) is 0 Å². The number of hydrogen-bond acceptors (Lipinski definition) is 10. The summed E-state index contributed by atoms with van der Waals surface area (Å²) in [6, 6.07) is 0. The fraction of sp³-hybridized carbons (Fsp3) is 0.583. The second-order valence-electron chi connectivity index (χ2n) is 4.85. The summed E-state index contributed by atoms with van der Waals surface area (Å²) >= 11 is 2.56. The van der Waals surface area contributed by atoms with Crippen LogP contribution in [0.3, 0.4) is 0 Å². The summed E-state index contributed by atoms with van der Waals surface area (Å²) in [5.74, 6) is 1.27. The van der Waals surface area contributed by atoms with Crippen molar-refractivity contribution >= 4 is 34.1 Å². The van der Waals surface area contributed by atoms with E-state index in [1.54, 1.807) is 0 Å². The Balaban J connectivity index is 1.36. The van der Waals surface area contributed by atoms with Crippen molar-refractivity contribution < 1.29 is 14.1 Å². The lowest BCUT2D eigenvalue weighted by atomic mass is 10.2. The molecule has 1 saturated heterocycles. The Bertz CT molecular complexity index is 655. The molecule has 0 bridgehead atoms. The van der Waals surface area contributed by atoms with Gasteiger partial charge >= 0.3 is 0 Å². The van der Waals surface area contributed by atoms with Crippen LogP contribution in [0.2, 0.25) is 0 Å². The van der Waals surface area contributed by atoms with Crippen LogP contribution in [-0.2, 0) is 16.0 Å². The van der Waals surface area contributed by atoms with Crippen molar-refractivity contribution in [1.82, 2.24) is 25.7 Å². The van der Waals surface area contributed by atoms with Crippen molar-refractivity contribution in [1.29, 1.82) is 0 Å². The number of amides is 1. The first-order valence-electron chi connectivity index (χ1n) is 7.13. The zero-order valence-corrected chi connectivity index (χ0v) is 13.9. The minimum Gasteiger partial charge on any atom is -0.374 e. The second-order valence-corrected chi connectivity index (χ2v) is 7.08. The molecule has 11 heteroatoms. The highest BCUT2D eigenvalue weighted by atomic mass is 32.2. The molecule has 2 aromatic rings. The minimum atomic E-state index is -0.0911. The average Bonchev–Trinajstić information content (AvgIpc) is 3.26. The van der Waals surface area contributed by atoms with Crippen LogP contribution in [0.15, 0.2) is 8.86 Å². The van der Waals surface area contributed by atoms with Crippen molar-refractivity contribution in [2.45, 2.75) is 29.7 Å². The fourth-order valence-corrected chi connectivity index (χ4v) is 3.51. The molecule has 3 N–H and O–H groups in total. The Morgan fingerprint density at radius 2 is 2.39 bits per heavy atom. The van der Waals surface area contributed by atoms with Crippen molar-refractivity contribution in [3.05, 3.63) is 11.7 Å². The van der Waals surface area contributed by atoms with Crippen LogP contribution < -0.4 is 11.1 Å². The van der Waals surface area contributed by atoms with Crippen LogP contribution in [0, 0.1) is 0 Å². The molecule has 0 spiro atoms. The molecule has 23 heavy (non-hydrogen) atoms. The van der Waals surface area contributed by atoms with Gasteiger partial charge in [-0.05, 0) is 12.8 Å². The molecule has 0 radical (unpaired) electrons. The van der Waals surface area contributed by atoms with Crippen molar-refractivity contribution in [2.75, 3.05) is 24.6 Å². The standard InChI is InChI=1S/C12H16N6O3S2/c13-11-16-17-12(23-11)22-6-9(19)14-4-3-8-15-10(21-18-8)7-2-1-5-20-7/h7H,1-6H2,(H2,13,16)(H,14,19)/t7-/m0/s1. The maximum Gasteiger partial charge on any atom is 0.255 e. The van der Waals surface area contributed by atoms with Gasteiger partial charge in [0.05, 0.1) is 5.75 Å². The highest BCUT2D eigenvalue weighted by Gasteiger charge is 2.23. The molecule has 2 aromatic heterocycles. The van der Waals surface area contributed by atoms with Crippen molar-refractivity contribution in [3.63, 3.8) is 0 Å². The number of thioether (sulfide) groups is 1. The molecule has 0 saturated carbocycles. The van der Waals surface area contributed by atoms with E-state index in [4.69, 9.17) is 15.0 Å². The number of aromatic nitrogens is 4. The van der Waals surface area contributed by atoms with Gasteiger partial charge in [0.25, 0.3) is 5.89 Å². The number of rotatable bonds is 7. The lowest BCUT2D eigenvalue weighted by Crippen LogP contribution is -2.27. The lowest BCUT2D eigenvalue weighted by molar-refractivity contribution is -0.118. The summed E-state index contributed by atoms with van der Waals surface area (Å²) in [6.07, 6.45) is 2.35. The van der Waals surface area contributed by atoms with Crippen molar-refractivity contribution in [3.8, 4) is 0 Å². The molecule has 1 aliphatic heterocycles. The Hall–Kier alpha value is -1.72. The molecular formula is C12H16N6O3S2. The van der Waals surface area contributed by atoms with Gasteiger partial charge in [-0.25, -0.2) is 0 Å². The number of ether oxygens (including phenoxy) is 1. The monoisotopic (exact) mass is 356 g/mol. The van der Waals surface area contributed by atoms with E-state index in [-0.39, 0.29) is 17.8 Å². The van der Waals surface area contributed by atoms with E-state index in [9.17, 15) is 4.79 Å². The molecule has 0 aliphatic carbocycles. The van der Waals surface area contributed by atoms with Gasteiger partial charge in [0.1, 0.15) is 6.10 Å². The molecule has 3 heterocycles. The van der Waals surface area contributed by atoms with E-state index >= 15 is 0 Å². The number of carbonyl (C=O) groups is 1. The number of carbonyl (C=O) groups excluding carboxylic acids is 1.